The molecule has 37 heavy (non-hydrogen) atoms. The number of fused-ring (bicyclic) bond motifs is 1. The van der Waals surface area contributed by atoms with Crippen molar-refractivity contribution in [2.24, 2.45) is 11.8 Å². The van der Waals surface area contributed by atoms with E-state index in [4.69, 9.17) is 0 Å². The van der Waals surface area contributed by atoms with Crippen LogP contribution in [0.3, 0.4) is 0 Å². The van der Waals surface area contributed by atoms with Crippen LogP contribution in [0.25, 0.3) is 0 Å². The molecule has 0 saturated heterocycles. The molecule has 0 bridgehead atoms. The summed E-state index contributed by atoms with van der Waals surface area (Å²) in [7, 11) is -3.59. The quantitative estimate of drug-likeness (QED) is 0.318. The maximum absolute atomic E-state index is 14.0. The first-order chi connectivity index (χ1) is 17.9. The Hall–Kier alpha value is -2.09. The van der Waals surface area contributed by atoms with Gasteiger partial charge in [0.1, 0.15) is 16.5 Å². The summed E-state index contributed by atoms with van der Waals surface area (Å²) in [6, 6.07) is 13.5. The third-order valence-electron chi connectivity index (χ3n) is 8.35. The van der Waals surface area contributed by atoms with Gasteiger partial charge >= 0.3 is 0 Å². The zero-order valence-corrected chi connectivity index (χ0v) is 22.7. The lowest BCUT2D eigenvalue weighted by Gasteiger charge is -2.36. The lowest BCUT2D eigenvalue weighted by atomic mass is 9.76. The van der Waals surface area contributed by atoms with Crippen LogP contribution in [0.15, 0.2) is 64.2 Å². The third-order valence-corrected chi connectivity index (χ3v) is 10.9. The molecule has 0 radical (unpaired) electrons. The van der Waals surface area contributed by atoms with E-state index in [0.717, 1.165) is 57.1 Å². The van der Waals surface area contributed by atoms with Crippen molar-refractivity contribution < 1.29 is 17.2 Å². The first kappa shape index (κ1) is 26.5. The monoisotopic (exact) mass is 543 g/mol. The van der Waals surface area contributed by atoms with Gasteiger partial charge in [-0.15, -0.1) is 0 Å². The molecule has 0 aliphatic heterocycles. The van der Waals surface area contributed by atoms with Crippen molar-refractivity contribution in [2.45, 2.75) is 68.2 Å². The lowest BCUT2D eigenvalue weighted by molar-refractivity contribution is 0.248. The molecular formula is C30H35F2NO2S2. The molecule has 1 saturated carbocycles. The summed E-state index contributed by atoms with van der Waals surface area (Å²) in [5, 5.41) is 8.21. The first-order valence-corrected chi connectivity index (χ1v) is 16.0. The van der Waals surface area contributed by atoms with Gasteiger partial charge in [-0.1, -0.05) is 31.0 Å². The Kier molecular flexibility index (Phi) is 8.42. The van der Waals surface area contributed by atoms with E-state index < -0.39 is 15.7 Å². The Morgan fingerprint density at radius 1 is 0.946 bits per heavy atom. The molecule has 1 fully saturated rings. The minimum absolute atomic E-state index is 0.00779. The Morgan fingerprint density at radius 3 is 2.49 bits per heavy atom. The van der Waals surface area contributed by atoms with Crippen molar-refractivity contribution in [3.63, 3.8) is 0 Å². The number of benzene rings is 2. The molecule has 2 unspecified atom stereocenters. The van der Waals surface area contributed by atoms with E-state index in [0.29, 0.717) is 30.2 Å². The minimum Gasteiger partial charge on any atom is -0.313 e. The van der Waals surface area contributed by atoms with E-state index >= 15 is 0 Å². The molecule has 198 valence electrons. The van der Waals surface area contributed by atoms with E-state index in [9.17, 15) is 17.2 Å². The molecule has 3 aromatic rings. The molecule has 2 aromatic carbocycles. The van der Waals surface area contributed by atoms with Crippen LogP contribution < -0.4 is 5.32 Å². The van der Waals surface area contributed by atoms with Gasteiger partial charge in [-0.25, -0.2) is 17.2 Å². The molecule has 3 nitrogen and oxygen atoms in total. The van der Waals surface area contributed by atoms with Crippen molar-refractivity contribution in [3.05, 3.63) is 87.6 Å². The highest BCUT2D eigenvalue weighted by Crippen LogP contribution is 2.37. The largest absolute Gasteiger partial charge is 0.313 e. The molecule has 1 heterocycles. The van der Waals surface area contributed by atoms with Crippen LogP contribution in [0.2, 0.25) is 0 Å². The fraction of sp³-hybridized carbons (Fsp3) is 0.467. The number of nitrogens with one attached hydrogen (secondary N) is 1. The van der Waals surface area contributed by atoms with E-state index in [2.05, 4.69) is 22.1 Å². The number of sulfone groups is 1. The van der Waals surface area contributed by atoms with Crippen molar-refractivity contribution in [1.82, 2.24) is 5.32 Å². The summed E-state index contributed by atoms with van der Waals surface area (Å²) in [6.07, 6.45) is 7.66. The predicted molar refractivity (Wildman–Crippen MR) is 146 cm³/mol. The fourth-order valence-electron chi connectivity index (χ4n) is 6.21. The van der Waals surface area contributed by atoms with Crippen LogP contribution in [-0.4, -0.2) is 26.8 Å². The van der Waals surface area contributed by atoms with Crippen LogP contribution >= 0.6 is 11.3 Å². The Morgan fingerprint density at radius 2 is 1.73 bits per heavy atom. The standard InChI is InChI=1S/C30H35F2NO2S2/c31-25-10-11-26-24(18-25)9-12-29(27(26)17-23-13-15-36-20-23)33-19-22-7-5-21(6-8-22)14-16-37(34,35)30-4-2-1-3-28(30)32/h1-4,10-11,13,15,18,20-22,27,29,33H,5-9,12,14,16-17,19H2. The van der Waals surface area contributed by atoms with E-state index in [1.54, 1.807) is 29.5 Å². The number of aryl methyl sites for hydroxylation is 1. The fourth-order valence-corrected chi connectivity index (χ4v) is 8.41. The molecule has 2 aliphatic carbocycles. The smallest absolute Gasteiger partial charge is 0.181 e. The normalized spacial score (nSPS) is 24.1. The van der Waals surface area contributed by atoms with E-state index in [1.165, 1.54) is 29.3 Å². The Labute approximate surface area is 223 Å². The summed E-state index contributed by atoms with van der Waals surface area (Å²) in [5.41, 5.74) is 3.75. The van der Waals surface area contributed by atoms with Gasteiger partial charge < -0.3 is 5.32 Å². The van der Waals surface area contributed by atoms with Crippen LogP contribution in [-0.2, 0) is 22.7 Å². The van der Waals surface area contributed by atoms with Crippen LogP contribution in [0.1, 0.15) is 61.1 Å². The molecule has 1 aromatic heterocycles. The van der Waals surface area contributed by atoms with Crippen LogP contribution in [0, 0.1) is 23.5 Å². The van der Waals surface area contributed by atoms with Crippen LogP contribution in [0.4, 0.5) is 8.78 Å². The summed E-state index contributed by atoms with van der Waals surface area (Å²) >= 11 is 1.72. The zero-order chi connectivity index (χ0) is 25.8. The number of halogens is 2. The van der Waals surface area contributed by atoms with Crippen molar-refractivity contribution in [3.8, 4) is 0 Å². The summed E-state index contributed by atoms with van der Waals surface area (Å²) in [6.45, 7) is 0.960. The van der Waals surface area contributed by atoms with Crippen molar-refractivity contribution in [1.29, 1.82) is 0 Å². The van der Waals surface area contributed by atoms with Crippen LogP contribution in [0.5, 0.6) is 0 Å². The van der Waals surface area contributed by atoms with Crippen molar-refractivity contribution in [2.75, 3.05) is 12.3 Å². The highest BCUT2D eigenvalue weighted by molar-refractivity contribution is 7.91. The van der Waals surface area contributed by atoms with Gasteiger partial charge in [0.15, 0.2) is 9.84 Å². The maximum atomic E-state index is 14.0. The number of rotatable bonds is 9. The van der Waals surface area contributed by atoms with Gasteiger partial charge in [0, 0.05) is 12.0 Å². The van der Waals surface area contributed by atoms with Gasteiger partial charge in [-0.2, -0.15) is 11.3 Å². The first-order valence-electron chi connectivity index (χ1n) is 13.4. The van der Waals surface area contributed by atoms with Gasteiger partial charge in [-0.3, -0.25) is 0 Å². The Bertz CT molecular complexity index is 1280. The van der Waals surface area contributed by atoms with Gasteiger partial charge in [0.25, 0.3) is 0 Å². The van der Waals surface area contributed by atoms with Crippen molar-refractivity contribution >= 4 is 21.2 Å². The number of hydrogen-bond donors (Lipinski definition) is 1. The highest BCUT2D eigenvalue weighted by Gasteiger charge is 2.31. The summed E-state index contributed by atoms with van der Waals surface area (Å²) in [4.78, 5) is -0.179. The summed E-state index contributed by atoms with van der Waals surface area (Å²) in [5.74, 6) is 0.478. The number of thiophene rings is 1. The number of hydrogen-bond acceptors (Lipinski definition) is 4. The van der Waals surface area contributed by atoms with Gasteiger partial charge in [0.2, 0.25) is 0 Å². The van der Waals surface area contributed by atoms with E-state index in [1.807, 2.05) is 6.07 Å². The third kappa shape index (κ3) is 6.50. The highest BCUT2D eigenvalue weighted by atomic mass is 32.2. The maximum Gasteiger partial charge on any atom is 0.181 e. The summed E-state index contributed by atoms with van der Waals surface area (Å²) < 4.78 is 53.1. The second-order valence-electron chi connectivity index (χ2n) is 10.8. The van der Waals surface area contributed by atoms with E-state index in [-0.39, 0.29) is 16.5 Å². The zero-order valence-electron chi connectivity index (χ0n) is 21.0. The second-order valence-corrected chi connectivity index (χ2v) is 13.6. The molecule has 1 N–H and O–H groups in total. The SMILES string of the molecule is O=S(=O)(CCC1CCC(CNC2CCc3cc(F)ccc3C2Cc2ccsc2)CC1)c1ccccc1F. The lowest BCUT2D eigenvalue weighted by Crippen LogP contribution is -2.42. The molecule has 2 aliphatic rings. The average molecular weight is 544 g/mol. The Balaban J connectivity index is 1.14. The van der Waals surface area contributed by atoms with Gasteiger partial charge in [-0.05, 0) is 115 Å². The predicted octanol–water partition coefficient (Wildman–Crippen LogP) is 6.93. The average Bonchev–Trinajstić information content (AvgIpc) is 3.41. The van der Waals surface area contributed by atoms with Gasteiger partial charge in [0.05, 0.1) is 5.75 Å². The molecule has 7 heteroatoms. The molecule has 2 atom stereocenters. The second kappa shape index (κ2) is 11.7. The molecule has 5 rings (SSSR count). The molecule has 0 spiro atoms. The molecular weight excluding hydrogens is 508 g/mol. The minimum atomic E-state index is -3.59. The molecule has 0 amide bonds. The topological polar surface area (TPSA) is 46.2 Å².